The topological polar surface area (TPSA) is 56.1 Å². The molecule has 3 rings (SSSR count). The van der Waals surface area contributed by atoms with E-state index < -0.39 is 0 Å². The highest BCUT2D eigenvalue weighted by Gasteiger charge is 2.34. The minimum absolute atomic E-state index is 0.0971. The van der Waals surface area contributed by atoms with Crippen LogP contribution in [0, 0.1) is 32.1 Å². The maximum absolute atomic E-state index is 12.8. The Labute approximate surface area is 180 Å². The van der Waals surface area contributed by atoms with Crippen LogP contribution in [-0.4, -0.2) is 18.5 Å². The van der Waals surface area contributed by atoms with Crippen LogP contribution in [0.1, 0.15) is 60.9 Å². The minimum Gasteiger partial charge on any atom is -0.369 e. The number of aryl methyl sites for hydroxylation is 3. The van der Waals surface area contributed by atoms with E-state index in [0.717, 1.165) is 28.7 Å². The number of benzene rings is 2. The second-order valence-electron chi connectivity index (χ2n) is 9.24. The third-order valence-electron chi connectivity index (χ3n) is 6.17. The highest BCUT2D eigenvalue weighted by molar-refractivity contribution is 6.09. The minimum atomic E-state index is -0.383. The van der Waals surface area contributed by atoms with E-state index in [1.807, 2.05) is 39.0 Å². The average molecular weight is 402 g/mol. The maximum Gasteiger partial charge on any atom is 0.266 e. The molecule has 156 valence electrons. The van der Waals surface area contributed by atoms with Crippen LogP contribution in [0.25, 0.3) is 6.08 Å². The molecular formula is C26H31N3O. The predicted octanol–water partition coefficient (Wildman–Crippen LogP) is 5.88. The summed E-state index contributed by atoms with van der Waals surface area (Å²) in [4.78, 5) is 15.1. The monoisotopic (exact) mass is 401 g/mol. The Balaban J connectivity index is 1.95. The second-order valence-corrected chi connectivity index (χ2v) is 9.24. The molecule has 0 saturated heterocycles. The van der Waals surface area contributed by atoms with Crippen molar-refractivity contribution in [3.05, 3.63) is 63.7 Å². The molecule has 1 amide bonds. The molecule has 1 N–H and O–H groups in total. The van der Waals surface area contributed by atoms with Crippen LogP contribution in [0.3, 0.4) is 0 Å². The normalized spacial score (nSPS) is 17.9. The SMILES string of the molecule is Cc1cc(C)cc(NC(=O)/C(C#N)=C\c2cc3c(cc2C)N(C)C(C)(C)C[C@H]3C)c1. The van der Waals surface area contributed by atoms with Crippen LogP contribution in [0.2, 0.25) is 0 Å². The number of carbonyl (C=O) groups is 1. The van der Waals surface area contributed by atoms with Gasteiger partial charge in [0, 0.05) is 24.0 Å². The Hall–Kier alpha value is -3.06. The van der Waals surface area contributed by atoms with Gasteiger partial charge in [-0.2, -0.15) is 5.26 Å². The van der Waals surface area contributed by atoms with Gasteiger partial charge in [0.2, 0.25) is 0 Å². The van der Waals surface area contributed by atoms with Crippen LogP contribution in [0.5, 0.6) is 0 Å². The van der Waals surface area contributed by atoms with Crippen molar-refractivity contribution >= 4 is 23.4 Å². The summed E-state index contributed by atoms with van der Waals surface area (Å²) < 4.78 is 0. The molecule has 2 aromatic carbocycles. The predicted molar refractivity (Wildman–Crippen MR) is 125 cm³/mol. The van der Waals surface area contributed by atoms with Crippen LogP contribution in [0.4, 0.5) is 11.4 Å². The summed E-state index contributed by atoms with van der Waals surface area (Å²) in [7, 11) is 2.14. The standard InChI is InChI=1S/C26H31N3O/c1-16-8-17(2)10-22(9-16)28-25(30)21(15-27)12-20-13-23-19(4)14-26(5,6)29(7)24(23)11-18(20)3/h8-13,19H,14H2,1-7H3,(H,28,30)/b21-12-/t19-/m1/s1. The fourth-order valence-corrected chi connectivity index (χ4v) is 4.44. The lowest BCUT2D eigenvalue weighted by Gasteiger charge is -2.45. The highest BCUT2D eigenvalue weighted by atomic mass is 16.1. The van der Waals surface area contributed by atoms with E-state index in [1.54, 1.807) is 6.08 Å². The fraction of sp³-hybridized carbons (Fsp3) is 0.385. The first-order valence-electron chi connectivity index (χ1n) is 10.4. The quantitative estimate of drug-likeness (QED) is 0.516. The lowest BCUT2D eigenvalue weighted by atomic mass is 9.79. The molecule has 30 heavy (non-hydrogen) atoms. The molecule has 2 aromatic rings. The molecule has 0 radical (unpaired) electrons. The van der Waals surface area contributed by atoms with Gasteiger partial charge in [-0.3, -0.25) is 4.79 Å². The van der Waals surface area contributed by atoms with Gasteiger partial charge >= 0.3 is 0 Å². The molecular weight excluding hydrogens is 370 g/mol. The van der Waals surface area contributed by atoms with Crippen LogP contribution in [0.15, 0.2) is 35.9 Å². The average Bonchev–Trinajstić information content (AvgIpc) is 2.63. The number of rotatable bonds is 3. The number of carbonyl (C=O) groups excluding carboxylic acids is 1. The zero-order chi connectivity index (χ0) is 22.2. The first-order chi connectivity index (χ1) is 14.0. The van der Waals surface area contributed by atoms with E-state index >= 15 is 0 Å². The summed E-state index contributed by atoms with van der Waals surface area (Å²) in [6.45, 7) is 12.8. The molecule has 1 aliphatic heterocycles. The first kappa shape index (κ1) is 21.6. The summed E-state index contributed by atoms with van der Waals surface area (Å²) in [6.07, 6.45) is 2.76. The molecule has 0 unspecified atom stereocenters. The number of hydrogen-bond donors (Lipinski definition) is 1. The van der Waals surface area contributed by atoms with Crippen molar-refractivity contribution in [2.24, 2.45) is 0 Å². The Morgan fingerprint density at radius 3 is 2.40 bits per heavy atom. The third-order valence-corrected chi connectivity index (χ3v) is 6.17. The molecule has 0 spiro atoms. The largest absolute Gasteiger partial charge is 0.369 e. The Morgan fingerprint density at radius 1 is 1.17 bits per heavy atom. The number of nitrogens with zero attached hydrogens (tertiary/aromatic N) is 2. The number of amides is 1. The van der Waals surface area contributed by atoms with Gasteiger partial charge in [0.1, 0.15) is 11.6 Å². The Kier molecular flexibility index (Phi) is 5.76. The van der Waals surface area contributed by atoms with Crippen LogP contribution >= 0.6 is 0 Å². The summed E-state index contributed by atoms with van der Waals surface area (Å²) >= 11 is 0. The summed E-state index contributed by atoms with van der Waals surface area (Å²) in [6, 6.07) is 12.3. The molecule has 0 fully saturated rings. The third kappa shape index (κ3) is 4.26. The van der Waals surface area contributed by atoms with Crippen LogP contribution in [-0.2, 0) is 4.79 Å². The number of fused-ring (bicyclic) bond motifs is 1. The number of nitriles is 1. The van der Waals surface area contributed by atoms with E-state index in [4.69, 9.17) is 0 Å². The van der Waals surface area contributed by atoms with Crippen LogP contribution < -0.4 is 10.2 Å². The van der Waals surface area contributed by atoms with Crippen molar-refractivity contribution in [2.45, 2.75) is 59.4 Å². The van der Waals surface area contributed by atoms with Crippen molar-refractivity contribution in [2.75, 3.05) is 17.3 Å². The smallest absolute Gasteiger partial charge is 0.266 e. The van der Waals surface area contributed by atoms with Crippen molar-refractivity contribution in [3.8, 4) is 6.07 Å². The van der Waals surface area contributed by atoms with E-state index in [-0.39, 0.29) is 17.0 Å². The first-order valence-corrected chi connectivity index (χ1v) is 10.4. The van der Waals surface area contributed by atoms with E-state index in [0.29, 0.717) is 11.6 Å². The zero-order valence-corrected chi connectivity index (χ0v) is 19.1. The molecule has 1 aliphatic rings. The fourth-order valence-electron chi connectivity index (χ4n) is 4.44. The zero-order valence-electron chi connectivity index (χ0n) is 19.1. The van der Waals surface area contributed by atoms with Gasteiger partial charge < -0.3 is 10.2 Å². The van der Waals surface area contributed by atoms with Gasteiger partial charge in [0.25, 0.3) is 5.91 Å². The highest BCUT2D eigenvalue weighted by Crippen LogP contribution is 2.43. The molecule has 4 heteroatoms. The summed E-state index contributed by atoms with van der Waals surface area (Å²) in [5, 5.41) is 12.5. The van der Waals surface area contributed by atoms with E-state index in [1.165, 1.54) is 11.3 Å². The Morgan fingerprint density at radius 2 is 1.80 bits per heavy atom. The van der Waals surface area contributed by atoms with E-state index in [9.17, 15) is 10.1 Å². The molecule has 1 heterocycles. The van der Waals surface area contributed by atoms with Crippen molar-refractivity contribution in [3.63, 3.8) is 0 Å². The van der Waals surface area contributed by atoms with Crippen molar-refractivity contribution < 1.29 is 4.79 Å². The van der Waals surface area contributed by atoms with Gasteiger partial charge in [-0.05, 0) is 105 Å². The molecule has 0 saturated carbocycles. The van der Waals surface area contributed by atoms with Gasteiger partial charge in [-0.1, -0.05) is 13.0 Å². The molecule has 0 aliphatic carbocycles. The van der Waals surface area contributed by atoms with Gasteiger partial charge in [0.15, 0.2) is 0 Å². The maximum atomic E-state index is 12.8. The van der Waals surface area contributed by atoms with Gasteiger partial charge in [-0.25, -0.2) is 0 Å². The van der Waals surface area contributed by atoms with Gasteiger partial charge in [-0.15, -0.1) is 0 Å². The molecule has 1 atom stereocenters. The molecule has 0 bridgehead atoms. The summed E-state index contributed by atoms with van der Waals surface area (Å²) in [5.74, 6) is 0.0273. The number of hydrogen-bond acceptors (Lipinski definition) is 3. The van der Waals surface area contributed by atoms with E-state index in [2.05, 4.69) is 56.2 Å². The van der Waals surface area contributed by atoms with Crippen molar-refractivity contribution in [1.29, 1.82) is 5.26 Å². The number of nitrogens with one attached hydrogen (secondary N) is 1. The Bertz CT molecular complexity index is 1050. The number of anilines is 2. The lowest BCUT2D eigenvalue weighted by Crippen LogP contribution is -2.45. The summed E-state index contributed by atoms with van der Waals surface area (Å²) in [5.41, 5.74) is 7.51. The van der Waals surface area contributed by atoms with Crippen molar-refractivity contribution in [1.82, 2.24) is 0 Å². The molecule has 0 aromatic heterocycles. The lowest BCUT2D eigenvalue weighted by molar-refractivity contribution is -0.112. The van der Waals surface area contributed by atoms with Gasteiger partial charge in [0.05, 0.1) is 0 Å². The molecule has 4 nitrogen and oxygen atoms in total. The second kappa shape index (κ2) is 7.99.